The Morgan fingerprint density at radius 3 is 2.35 bits per heavy atom. The number of carbonyl (C=O) groups is 2. The normalized spacial score (nSPS) is 24.8. The van der Waals surface area contributed by atoms with Crippen LogP contribution >= 0.6 is 0 Å². The van der Waals surface area contributed by atoms with Gasteiger partial charge in [-0.1, -0.05) is 0 Å². The highest BCUT2D eigenvalue weighted by Gasteiger charge is 2.48. The molecule has 0 bridgehead atoms. The predicted molar refractivity (Wildman–Crippen MR) is 59.6 cm³/mol. The van der Waals surface area contributed by atoms with Gasteiger partial charge in [-0.2, -0.15) is 0 Å². The van der Waals surface area contributed by atoms with Gasteiger partial charge in [-0.05, 0) is 27.2 Å². The molecule has 17 heavy (non-hydrogen) atoms. The second kappa shape index (κ2) is 4.52. The van der Waals surface area contributed by atoms with E-state index in [0.717, 1.165) is 4.90 Å². The summed E-state index contributed by atoms with van der Waals surface area (Å²) in [4.78, 5) is 23.9. The second-order valence-electron chi connectivity index (χ2n) is 5.39. The third kappa shape index (κ3) is 3.09. The Bertz CT molecular complexity index is 322. The Morgan fingerprint density at radius 2 is 2.00 bits per heavy atom. The van der Waals surface area contributed by atoms with Crippen molar-refractivity contribution in [2.45, 2.75) is 32.8 Å². The predicted octanol–water partition coefficient (Wildman–Crippen LogP) is 0.690. The topological polar surface area (TPSA) is 87.1 Å². The number of carbonyl (C=O) groups excluding carboxylic acids is 1. The van der Waals surface area contributed by atoms with E-state index in [0.29, 0.717) is 6.42 Å². The largest absolute Gasteiger partial charge is 0.465 e. The van der Waals surface area contributed by atoms with Crippen molar-refractivity contribution in [2.75, 3.05) is 19.7 Å². The van der Waals surface area contributed by atoms with Gasteiger partial charge in [0.05, 0.1) is 6.61 Å². The van der Waals surface area contributed by atoms with Crippen molar-refractivity contribution >= 4 is 12.1 Å². The van der Waals surface area contributed by atoms with Crippen LogP contribution in [0.1, 0.15) is 27.2 Å². The summed E-state index contributed by atoms with van der Waals surface area (Å²) in [5.41, 5.74) is -1.75. The minimum absolute atomic E-state index is 0.00620. The lowest BCUT2D eigenvalue weighted by Gasteiger charge is -2.29. The Labute approximate surface area is 100 Å². The number of esters is 1. The van der Waals surface area contributed by atoms with Crippen LogP contribution in [-0.2, 0) is 9.53 Å². The average molecular weight is 245 g/mol. The van der Waals surface area contributed by atoms with Gasteiger partial charge in [-0.25, -0.2) is 4.79 Å². The van der Waals surface area contributed by atoms with Crippen molar-refractivity contribution in [3.63, 3.8) is 0 Å². The molecule has 1 atom stereocenters. The van der Waals surface area contributed by atoms with Gasteiger partial charge >= 0.3 is 12.1 Å². The molecule has 1 rings (SSSR count). The molecule has 0 aromatic carbocycles. The first-order valence-corrected chi connectivity index (χ1v) is 5.52. The quantitative estimate of drug-likeness (QED) is 0.699. The Morgan fingerprint density at radius 1 is 1.41 bits per heavy atom. The summed E-state index contributed by atoms with van der Waals surface area (Å²) in [6.07, 6.45) is -0.783. The van der Waals surface area contributed by atoms with Crippen LogP contribution in [0, 0.1) is 5.41 Å². The summed E-state index contributed by atoms with van der Waals surface area (Å²) in [7, 11) is 0. The fraction of sp³-hybridized carbons (Fsp3) is 0.818. The molecule has 98 valence electrons. The molecule has 1 aliphatic rings. The Balaban J connectivity index is 2.78. The van der Waals surface area contributed by atoms with Crippen LogP contribution < -0.4 is 0 Å². The van der Waals surface area contributed by atoms with Crippen LogP contribution in [0.15, 0.2) is 0 Å². The number of hydrogen-bond acceptors (Lipinski definition) is 4. The summed E-state index contributed by atoms with van der Waals surface area (Å²) in [5.74, 6) is -0.531. The van der Waals surface area contributed by atoms with Crippen molar-refractivity contribution < 1.29 is 24.5 Å². The van der Waals surface area contributed by atoms with Crippen LogP contribution in [0.25, 0.3) is 0 Å². The third-order valence-electron chi connectivity index (χ3n) is 2.76. The number of aliphatic hydroxyl groups is 1. The lowest BCUT2D eigenvalue weighted by molar-refractivity contribution is -0.169. The number of nitrogens with zero attached hydrogens (tertiary/aromatic N) is 1. The van der Waals surface area contributed by atoms with E-state index in [2.05, 4.69) is 0 Å². The zero-order valence-electron chi connectivity index (χ0n) is 10.4. The number of aliphatic hydroxyl groups excluding tert-OH is 1. The van der Waals surface area contributed by atoms with E-state index in [1.807, 2.05) is 0 Å². The van der Waals surface area contributed by atoms with Crippen molar-refractivity contribution in [1.82, 2.24) is 4.90 Å². The number of likely N-dealkylation sites (tertiary alicyclic amines) is 1. The highest BCUT2D eigenvalue weighted by atomic mass is 16.6. The molecule has 1 heterocycles. The maximum Gasteiger partial charge on any atom is 0.407 e. The van der Waals surface area contributed by atoms with Gasteiger partial charge in [0.1, 0.15) is 11.0 Å². The Hall–Kier alpha value is -1.30. The molecular weight excluding hydrogens is 226 g/mol. The summed E-state index contributed by atoms with van der Waals surface area (Å²) >= 11 is 0. The summed E-state index contributed by atoms with van der Waals surface area (Å²) in [6, 6.07) is 0. The molecule has 1 fully saturated rings. The number of ether oxygens (including phenoxy) is 1. The molecular formula is C11H19NO5. The zero-order valence-corrected chi connectivity index (χ0v) is 10.4. The molecule has 6 heteroatoms. The molecule has 0 spiro atoms. The van der Waals surface area contributed by atoms with Crippen molar-refractivity contribution in [3.8, 4) is 0 Å². The van der Waals surface area contributed by atoms with Gasteiger partial charge in [0, 0.05) is 13.1 Å². The van der Waals surface area contributed by atoms with E-state index in [-0.39, 0.29) is 13.1 Å². The molecule has 2 N–H and O–H groups in total. The van der Waals surface area contributed by atoms with Gasteiger partial charge in [0.25, 0.3) is 0 Å². The molecule has 0 radical (unpaired) electrons. The third-order valence-corrected chi connectivity index (χ3v) is 2.76. The fourth-order valence-corrected chi connectivity index (χ4v) is 1.78. The second-order valence-corrected chi connectivity index (χ2v) is 5.39. The molecule has 1 saturated heterocycles. The monoisotopic (exact) mass is 245 g/mol. The lowest BCUT2D eigenvalue weighted by Crippen LogP contribution is -2.43. The summed E-state index contributed by atoms with van der Waals surface area (Å²) in [6.45, 7) is 5.05. The summed E-state index contributed by atoms with van der Waals surface area (Å²) < 4.78 is 5.23. The van der Waals surface area contributed by atoms with E-state index < -0.39 is 29.7 Å². The molecule has 0 saturated carbocycles. The maximum atomic E-state index is 12.0. The summed E-state index contributed by atoms with van der Waals surface area (Å²) in [5, 5.41) is 18.2. The van der Waals surface area contributed by atoms with Gasteiger partial charge in [0.2, 0.25) is 0 Å². The van der Waals surface area contributed by atoms with Crippen LogP contribution in [0.3, 0.4) is 0 Å². The molecule has 1 aliphatic heterocycles. The van der Waals surface area contributed by atoms with Crippen molar-refractivity contribution in [1.29, 1.82) is 0 Å². The lowest BCUT2D eigenvalue weighted by atomic mass is 9.88. The minimum atomic E-state index is -1.11. The van der Waals surface area contributed by atoms with E-state index in [1.165, 1.54) is 0 Å². The van der Waals surface area contributed by atoms with Crippen LogP contribution in [0.5, 0.6) is 0 Å². The maximum absolute atomic E-state index is 12.0. The fourth-order valence-electron chi connectivity index (χ4n) is 1.78. The number of amides is 1. The van der Waals surface area contributed by atoms with Gasteiger partial charge in [-0.3, -0.25) is 4.79 Å². The van der Waals surface area contributed by atoms with Crippen LogP contribution in [-0.4, -0.2) is 52.5 Å². The van der Waals surface area contributed by atoms with E-state index in [4.69, 9.17) is 9.84 Å². The zero-order chi connectivity index (χ0) is 13.3. The number of carboxylic acid groups (broad SMARTS) is 1. The number of rotatable bonds is 2. The molecule has 1 unspecified atom stereocenters. The highest BCUT2D eigenvalue weighted by molar-refractivity contribution is 5.79. The standard InChI is InChI=1S/C11H19NO5/c1-10(2,3)17-8(14)11(7-13)4-5-12(6-11)9(15)16/h13H,4-7H2,1-3H3,(H,15,16). The Kier molecular flexibility index (Phi) is 3.66. The van der Waals surface area contributed by atoms with Gasteiger partial charge < -0.3 is 19.8 Å². The van der Waals surface area contributed by atoms with Gasteiger partial charge in [0.15, 0.2) is 0 Å². The van der Waals surface area contributed by atoms with Crippen molar-refractivity contribution in [3.05, 3.63) is 0 Å². The van der Waals surface area contributed by atoms with E-state index in [1.54, 1.807) is 20.8 Å². The van der Waals surface area contributed by atoms with Gasteiger partial charge in [-0.15, -0.1) is 0 Å². The molecule has 6 nitrogen and oxygen atoms in total. The molecule has 0 aromatic rings. The van der Waals surface area contributed by atoms with E-state index >= 15 is 0 Å². The number of hydrogen-bond donors (Lipinski definition) is 2. The first kappa shape index (κ1) is 13.8. The first-order valence-electron chi connectivity index (χ1n) is 5.52. The smallest absolute Gasteiger partial charge is 0.407 e. The van der Waals surface area contributed by atoms with E-state index in [9.17, 15) is 14.7 Å². The van der Waals surface area contributed by atoms with Crippen LogP contribution in [0.2, 0.25) is 0 Å². The molecule has 1 amide bonds. The SMILES string of the molecule is CC(C)(C)OC(=O)C1(CO)CCN(C(=O)O)C1. The minimum Gasteiger partial charge on any atom is -0.465 e. The average Bonchev–Trinajstić information content (AvgIpc) is 2.60. The molecule has 0 aliphatic carbocycles. The molecule has 0 aromatic heterocycles. The highest BCUT2D eigenvalue weighted by Crippen LogP contribution is 2.33. The van der Waals surface area contributed by atoms with Crippen LogP contribution in [0.4, 0.5) is 4.79 Å². The first-order chi connectivity index (χ1) is 7.70. The van der Waals surface area contributed by atoms with Crippen molar-refractivity contribution in [2.24, 2.45) is 5.41 Å².